The van der Waals surface area contributed by atoms with Gasteiger partial charge < -0.3 is 34.5 Å². The first-order chi connectivity index (χ1) is 16.0. The third-order valence-corrected chi connectivity index (χ3v) is 8.08. The smallest absolute Gasteiger partial charge is 0.387 e. The van der Waals surface area contributed by atoms with Crippen LogP contribution in [0.15, 0.2) is 22.0 Å². The highest BCUT2D eigenvalue weighted by Crippen LogP contribution is 2.66. The van der Waals surface area contributed by atoms with Crippen molar-refractivity contribution in [2.75, 3.05) is 6.61 Å². The first-order valence-corrected chi connectivity index (χ1v) is 13.5. The molecule has 0 amide bonds. The van der Waals surface area contributed by atoms with Gasteiger partial charge in [0.15, 0.2) is 6.23 Å². The first kappa shape index (κ1) is 27.7. The van der Waals surface area contributed by atoms with Crippen molar-refractivity contribution in [2.45, 2.75) is 24.5 Å². The van der Waals surface area contributed by atoms with Gasteiger partial charge >= 0.3 is 29.2 Å². The third kappa shape index (κ3) is 6.87. The van der Waals surface area contributed by atoms with Gasteiger partial charge in [-0.2, -0.15) is 8.62 Å². The van der Waals surface area contributed by atoms with Crippen molar-refractivity contribution in [1.29, 1.82) is 0 Å². The molecule has 6 atom stereocenters. The van der Waals surface area contributed by atoms with Crippen LogP contribution in [0.4, 0.5) is 0 Å². The highest BCUT2D eigenvalue weighted by atomic mass is 31.3. The van der Waals surface area contributed by atoms with E-state index in [0.29, 0.717) is 4.57 Å². The van der Waals surface area contributed by atoms with E-state index in [2.05, 4.69) is 23.5 Å². The minimum atomic E-state index is -5.77. The predicted octanol–water partition coefficient (Wildman–Crippen LogP) is -2.71. The summed E-state index contributed by atoms with van der Waals surface area (Å²) >= 11 is 0. The van der Waals surface area contributed by atoms with Crippen molar-refractivity contribution >= 4 is 23.5 Å². The Bertz CT molecular complexity index is 1350. The molecule has 35 heavy (non-hydrogen) atoms. The van der Waals surface area contributed by atoms with Crippen LogP contribution in [0.1, 0.15) is 6.23 Å². The van der Waals surface area contributed by atoms with E-state index in [1.54, 1.807) is 0 Å². The summed E-state index contributed by atoms with van der Waals surface area (Å²) in [6.07, 6.45) is -4.67. The van der Waals surface area contributed by atoms with Gasteiger partial charge in [-0.1, -0.05) is 5.21 Å². The molecule has 7 N–H and O–H groups in total. The van der Waals surface area contributed by atoms with Crippen LogP contribution in [-0.2, 0) is 38.6 Å². The van der Waals surface area contributed by atoms with Crippen molar-refractivity contribution in [3.8, 4) is 11.3 Å². The Morgan fingerprint density at radius 3 is 2.29 bits per heavy atom. The molecule has 1 fully saturated rings. The molecule has 2 aromatic heterocycles. The fourth-order valence-corrected chi connectivity index (χ4v) is 5.93. The monoisotopic (exact) mass is 565 g/mol. The second kappa shape index (κ2) is 9.87. The van der Waals surface area contributed by atoms with Gasteiger partial charge in [0.05, 0.1) is 18.4 Å². The number of aliphatic hydroxyl groups excluding tert-OH is 2. The molecule has 20 nitrogen and oxygen atoms in total. The largest absolute Gasteiger partial charge is 0.490 e. The van der Waals surface area contributed by atoms with Crippen LogP contribution in [0, 0.1) is 0 Å². The second-order valence-corrected chi connectivity index (χ2v) is 11.3. The van der Waals surface area contributed by atoms with Crippen LogP contribution < -0.4 is 11.2 Å². The van der Waals surface area contributed by atoms with Gasteiger partial charge in [0.2, 0.25) is 0 Å². The van der Waals surface area contributed by atoms with Gasteiger partial charge in [0, 0.05) is 13.2 Å². The Morgan fingerprint density at radius 1 is 1.06 bits per heavy atom. The van der Waals surface area contributed by atoms with Crippen molar-refractivity contribution in [2.24, 2.45) is 7.05 Å². The molecule has 3 heterocycles. The molecule has 2 aromatic rings. The molecular formula is C12H18N5O15P3. The van der Waals surface area contributed by atoms with Gasteiger partial charge in [-0.3, -0.25) is 23.6 Å². The third-order valence-electron chi connectivity index (χ3n) is 4.28. The molecule has 1 aliphatic rings. The summed E-state index contributed by atoms with van der Waals surface area (Å²) in [6.45, 7) is -1.09. The number of phosphoric acid groups is 3. The average molecular weight is 565 g/mol. The molecule has 196 valence electrons. The fourth-order valence-electron chi connectivity index (χ4n) is 2.90. The lowest BCUT2D eigenvalue weighted by molar-refractivity contribution is -0.0541. The zero-order valence-corrected chi connectivity index (χ0v) is 19.8. The number of rotatable bonds is 9. The summed E-state index contributed by atoms with van der Waals surface area (Å²) in [6, 6.07) is 0. The molecule has 23 heteroatoms. The number of hydrogen-bond donors (Lipinski definition) is 7. The number of aryl methyl sites for hydroxylation is 1. The second-order valence-electron chi connectivity index (χ2n) is 6.92. The molecule has 1 aliphatic heterocycles. The minimum Gasteiger partial charge on any atom is -0.387 e. The summed E-state index contributed by atoms with van der Waals surface area (Å²) in [4.78, 5) is 62.1. The molecule has 0 spiro atoms. The number of phosphoric ester groups is 1. The Morgan fingerprint density at radius 2 is 1.71 bits per heavy atom. The molecule has 0 aliphatic carbocycles. The Kier molecular flexibility index (Phi) is 7.81. The van der Waals surface area contributed by atoms with Gasteiger partial charge in [-0.15, -0.1) is 5.10 Å². The molecule has 3 rings (SSSR count). The van der Waals surface area contributed by atoms with E-state index in [1.165, 1.54) is 17.9 Å². The maximum atomic E-state index is 12.3. The fraction of sp³-hybridized carbons (Fsp3) is 0.500. The number of nitrogens with zero attached hydrogens (tertiary/aromatic N) is 4. The molecule has 1 saturated heterocycles. The average Bonchev–Trinajstić information content (AvgIpc) is 3.22. The number of nitrogens with one attached hydrogen (secondary N) is 1. The number of H-pyrrole nitrogens is 1. The van der Waals surface area contributed by atoms with E-state index in [0.717, 1.165) is 6.20 Å². The summed E-state index contributed by atoms with van der Waals surface area (Å²) in [5, 5.41) is 27.9. The molecule has 0 aromatic carbocycles. The van der Waals surface area contributed by atoms with Crippen LogP contribution in [-0.4, -0.2) is 79.3 Å². The van der Waals surface area contributed by atoms with Gasteiger partial charge in [-0.05, 0) is 0 Å². The quantitative estimate of drug-likeness (QED) is 0.152. The predicted molar refractivity (Wildman–Crippen MR) is 107 cm³/mol. The number of aliphatic hydroxyl groups is 2. The number of hydrogen-bond acceptors (Lipinski definition) is 13. The van der Waals surface area contributed by atoms with E-state index < -0.39 is 65.9 Å². The van der Waals surface area contributed by atoms with Crippen LogP contribution in [0.2, 0.25) is 0 Å². The lowest BCUT2D eigenvalue weighted by atomic mass is 10.1. The Hall–Kier alpha value is -1.89. The van der Waals surface area contributed by atoms with Crippen LogP contribution >= 0.6 is 23.5 Å². The number of aromatic amines is 1. The molecule has 0 saturated carbocycles. The van der Waals surface area contributed by atoms with Crippen LogP contribution in [0.25, 0.3) is 11.3 Å². The maximum Gasteiger partial charge on any atom is 0.490 e. The molecule has 3 unspecified atom stereocenters. The number of ether oxygens (including phenoxy) is 1. The lowest BCUT2D eigenvalue weighted by Gasteiger charge is -2.19. The van der Waals surface area contributed by atoms with Crippen molar-refractivity contribution < 1.29 is 61.4 Å². The molecule has 0 radical (unpaired) electrons. The van der Waals surface area contributed by atoms with Crippen molar-refractivity contribution in [1.82, 2.24) is 24.5 Å². The highest BCUT2D eigenvalue weighted by molar-refractivity contribution is 7.66. The van der Waals surface area contributed by atoms with E-state index >= 15 is 0 Å². The summed E-state index contributed by atoms with van der Waals surface area (Å²) in [5.41, 5.74) is -2.00. The standard InChI is InChI=1S/C12H18N5O15P3/c1-16-3-6(14-15-16)5-2-17(12(21)13-10(5)20)11-9(19)8(18)7(30-11)4-29-34(25,26)32-35(27,28)31-33(22,23)24/h2-3,7-9,11,18-19H,4H2,1H3,(H,25,26)(H,27,28)(H,13,20,21)(H2,22,23,24)/t7-,8?,9+,11-/m1/s1. The van der Waals surface area contributed by atoms with Crippen molar-refractivity contribution in [3.05, 3.63) is 33.2 Å². The normalized spacial score (nSPS) is 26.4. The van der Waals surface area contributed by atoms with Gasteiger partial charge in [0.25, 0.3) is 5.56 Å². The van der Waals surface area contributed by atoms with E-state index in [4.69, 9.17) is 19.4 Å². The SMILES string of the molecule is Cn1cc(-c2cn([C@@H]3O[C@H](COP(=O)(O)OP(=O)(O)OP(=O)(O)O)C(O)[C@@H]3O)c(=O)[nH]c2=O)nn1. The minimum absolute atomic E-state index is 0.0553. The Balaban J connectivity index is 1.76. The zero-order valence-electron chi connectivity index (χ0n) is 17.2. The zero-order chi connectivity index (χ0) is 26.3. The van der Waals surface area contributed by atoms with Gasteiger partial charge in [-0.25, -0.2) is 18.5 Å². The molecular weight excluding hydrogens is 547 g/mol. The summed E-state index contributed by atoms with van der Waals surface area (Å²) in [5.74, 6) is 0. The summed E-state index contributed by atoms with van der Waals surface area (Å²) < 4.78 is 52.6. The highest BCUT2D eigenvalue weighted by Gasteiger charge is 2.47. The summed E-state index contributed by atoms with van der Waals surface area (Å²) in [7, 11) is -15.4. The first-order valence-electron chi connectivity index (χ1n) is 9.00. The molecule has 0 bridgehead atoms. The maximum absolute atomic E-state index is 12.3. The number of aromatic nitrogens is 5. The lowest BCUT2D eigenvalue weighted by Crippen LogP contribution is -2.38. The van der Waals surface area contributed by atoms with E-state index in [9.17, 15) is 38.4 Å². The van der Waals surface area contributed by atoms with Crippen LogP contribution in [0.3, 0.4) is 0 Å². The Labute approximate surface area is 192 Å². The van der Waals surface area contributed by atoms with Gasteiger partial charge in [0.1, 0.15) is 24.0 Å². The van der Waals surface area contributed by atoms with E-state index in [1.807, 2.05) is 4.98 Å². The van der Waals surface area contributed by atoms with Crippen LogP contribution in [0.5, 0.6) is 0 Å². The topological polar surface area (TPSA) is 295 Å². The van der Waals surface area contributed by atoms with Crippen molar-refractivity contribution in [3.63, 3.8) is 0 Å². The van der Waals surface area contributed by atoms with E-state index in [-0.39, 0.29) is 11.3 Å².